The van der Waals surface area contributed by atoms with Crippen LogP contribution in [-0.4, -0.2) is 28.0 Å². The molecule has 0 radical (unpaired) electrons. The molecular weight excluding hydrogens is 255 g/mol. The molecule has 8 heteroatoms. The highest BCUT2D eigenvalue weighted by molar-refractivity contribution is 7.15. The fourth-order valence-electron chi connectivity index (χ4n) is 1.07. The molecule has 0 bridgehead atoms. The molecule has 17 heavy (non-hydrogen) atoms. The minimum absolute atomic E-state index is 0.119. The molecule has 0 spiro atoms. The second kappa shape index (κ2) is 5.63. The number of alkyl halides is 3. The maximum atomic E-state index is 12.2. The summed E-state index contributed by atoms with van der Waals surface area (Å²) in [6, 6.07) is 0. The van der Waals surface area contributed by atoms with E-state index in [-0.39, 0.29) is 11.0 Å². The van der Waals surface area contributed by atoms with Crippen LogP contribution >= 0.6 is 11.3 Å². The fraction of sp³-hybridized carbons (Fsp3) is 0.778. The number of halogens is 3. The van der Waals surface area contributed by atoms with Crippen molar-refractivity contribution in [3.05, 3.63) is 5.01 Å². The van der Waals surface area contributed by atoms with Gasteiger partial charge in [-0.2, -0.15) is 13.2 Å². The van der Waals surface area contributed by atoms with Crippen LogP contribution in [0.5, 0.6) is 0 Å². The molecule has 0 saturated heterocycles. The molecule has 0 aliphatic heterocycles. The summed E-state index contributed by atoms with van der Waals surface area (Å²) in [5.41, 5.74) is 0. The summed E-state index contributed by atoms with van der Waals surface area (Å²) in [5.74, 6) is 0.122. The van der Waals surface area contributed by atoms with Gasteiger partial charge >= 0.3 is 6.18 Å². The van der Waals surface area contributed by atoms with Crippen molar-refractivity contribution in [2.24, 2.45) is 5.92 Å². The van der Waals surface area contributed by atoms with Gasteiger partial charge in [-0.1, -0.05) is 25.2 Å². The largest absolute Gasteiger partial charge is 0.445 e. The van der Waals surface area contributed by atoms with Gasteiger partial charge in [-0.25, -0.2) is 0 Å². The number of hydrogen-bond donors (Lipinski definition) is 2. The van der Waals surface area contributed by atoms with E-state index < -0.39 is 17.3 Å². The van der Waals surface area contributed by atoms with Gasteiger partial charge in [0.2, 0.25) is 10.1 Å². The van der Waals surface area contributed by atoms with Gasteiger partial charge in [-0.3, -0.25) is 0 Å². The summed E-state index contributed by atoms with van der Waals surface area (Å²) in [7, 11) is 0. The molecule has 0 aromatic carbocycles. The van der Waals surface area contributed by atoms with Crippen LogP contribution in [0.2, 0.25) is 0 Å². The summed E-state index contributed by atoms with van der Waals surface area (Å²) < 4.78 is 36.6. The van der Waals surface area contributed by atoms with E-state index in [1.165, 1.54) is 0 Å². The molecule has 0 aliphatic rings. The Balaban J connectivity index is 2.41. The molecule has 1 atom stereocenters. The summed E-state index contributed by atoms with van der Waals surface area (Å²) >= 11 is 0.460. The van der Waals surface area contributed by atoms with Crippen LogP contribution in [0.15, 0.2) is 0 Å². The zero-order valence-electron chi connectivity index (χ0n) is 9.45. The molecule has 1 aromatic rings. The van der Waals surface area contributed by atoms with Crippen LogP contribution in [0.4, 0.5) is 18.3 Å². The van der Waals surface area contributed by atoms with Gasteiger partial charge in [-0.05, 0) is 12.3 Å². The third-order valence-electron chi connectivity index (χ3n) is 2.15. The highest BCUT2D eigenvalue weighted by Crippen LogP contribution is 2.32. The Morgan fingerprint density at radius 2 is 2.00 bits per heavy atom. The van der Waals surface area contributed by atoms with E-state index in [1.807, 2.05) is 13.8 Å². The van der Waals surface area contributed by atoms with Crippen LogP contribution in [-0.2, 0) is 6.18 Å². The van der Waals surface area contributed by atoms with E-state index in [0.717, 1.165) is 0 Å². The van der Waals surface area contributed by atoms with Crippen molar-refractivity contribution in [2.45, 2.75) is 32.5 Å². The lowest BCUT2D eigenvalue weighted by molar-refractivity contribution is -0.138. The second-order valence-electron chi connectivity index (χ2n) is 3.94. The van der Waals surface area contributed by atoms with E-state index in [0.29, 0.717) is 24.3 Å². The van der Waals surface area contributed by atoms with Crippen molar-refractivity contribution in [3.63, 3.8) is 0 Å². The number of aromatic nitrogens is 2. The molecule has 1 heterocycles. The number of nitrogens with one attached hydrogen (secondary N) is 1. The smallest absolute Gasteiger partial charge is 0.393 e. The zero-order valence-corrected chi connectivity index (χ0v) is 10.3. The molecule has 98 valence electrons. The van der Waals surface area contributed by atoms with Gasteiger partial charge in [0, 0.05) is 6.54 Å². The first-order valence-electron chi connectivity index (χ1n) is 5.13. The predicted octanol–water partition coefficient (Wildman–Crippen LogP) is 2.38. The molecule has 0 fully saturated rings. The summed E-state index contributed by atoms with van der Waals surface area (Å²) in [6.07, 6.45) is -4.47. The maximum Gasteiger partial charge on any atom is 0.445 e. The second-order valence-corrected chi connectivity index (χ2v) is 4.91. The quantitative estimate of drug-likeness (QED) is 0.861. The van der Waals surface area contributed by atoms with Gasteiger partial charge in [-0.15, -0.1) is 10.2 Å². The van der Waals surface area contributed by atoms with Gasteiger partial charge in [0.25, 0.3) is 0 Å². The molecule has 0 amide bonds. The van der Waals surface area contributed by atoms with Crippen molar-refractivity contribution < 1.29 is 18.3 Å². The number of aliphatic hydroxyl groups is 1. The Kier molecular flexibility index (Phi) is 4.70. The first-order valence-corrected chi connectivity index (χ1v) is 5.95. The number of anilines is 1. The van der Waals surface area contributed by atoms with Crippen LogP contribution in [0, 0.1) is 5.92 Å². The number of nitrogens with zero attached hydrogens (tertiary/aromatic N) is 2. The molecule has 1 unspecified atom stereocenters. The minimum atomic E-state index is -4.45. The number of rotatable bonds is 5. The van der Waals surface area contributed by atoms with E-state index in [4.69, 9.17) is 0 Å². The first-order chi connectivity index (χ1) is 7.80. The van der Waals surface area contributed by atoms with Crippen molar-refractivity contribution in [1.82, 2.24) is 10.2 Å². The minimum Gasteiger partial charge on any atom is -0.393 e. The topological polar surface area (TPSA) is 58.0 Å². The van der Waals surface area contributed by atoms with Gasteiger partial charge in [0.1, 0.15) is 0 Å². The van der Waals surface area contributed by atoms with Crippen LogP contribution < -0.4 is 5.32 Å². The number of aliphatic hydroxyl groups excluding tert-OH is 1. The Morgan fingerprint density at radius 1 is 1.35 bits per heavy atom. The highest BCUT2D eigenvalue weighted by Gasteiger charge is 2.35. The SMILES string of the molecule is CC(C)C(O)CCNc1nnc(C(F)(F)F)s1. The van der Waals surface area contributed by atoms with Gasteiger partial charge < -0.3 is 10.4 Å². The Hall–Kier alpha value is -0.890. The molecule has 0 saturated carbocycles. The van der Waals surface area contributed by atoms with Crippen molar-refractivity contribution in [3.8, 4) is 0 Å². The van der Waals surface area contributed by atoms with Crippen LogP contribution in [0.1, 0.15) is 25.3 Å². The Labute approximate surface area is 101 Å². The predicted molar refractivity (Wildman–Crippen MR) is 58.9 cm³/mol. The molecule has 1 rings (SSSR count). The van der Waals surface area contributed by atoms with Crippen molar-refractivity contribution in [2.75, 3.05) is 11.9 Å². The third kappa shape index (κ3) is 4.47. The summed E-state index contributed by atoms with van der Waals surface area (Å²) in [6.45, 7) is 4.11. The summed E-state index contributed by atoms with van der Waals surface area (Å²) in [5, 5.41) is 17.8. The first kappa shape index (κ1) is 14.2. The molecule has 4 nitrogen and oxygen atoms in total. The lowest BCUT2D eigenvalue weighted by Gasteiger charge is -2.13. The van der Waals surface area contributed by atoms with E-state index in [2.05, 4.69) is 15.5 Å². The fourth-order valence-corrected chi connectivity index (χ4v) is 1.71. The van der Waals surface area contributed by atoms with Crippen LogP contribution in [0.25, 0.3) is 0 Å². The van der Waals surface area contributed by atoms with E-state index >= 15 is 0 Å². The third-order valence-corrected chi connectivity index (χ3v) is 3.08. The average molecular weight is 269 g/mol. The average Bonchev–Trinajstić information content (AvgIpc) is 2.65. The molecular formula is C9H14F3N3OS. The summed E-state index contributed by atoms with van der Waals surface area (Å²) in [4.78, 5) is 0. The maximum absolute atomic E-state index is 12.2. The molecule has 2 N–H and O–H groups in total. The normalized spacial score (nSPS) is 14.1. The molecule has 0 aliphatic carbocycles. The Morgan fingerprint density at radius 3 is 2.47 bits per heavy atom. The zero-order chi connectivity index (χ0) is 13.1. The van der Waals surface area contributed by atoms with Gasteiger partial charge in [0.15, 0.2) is 0 Å². The lowest BCUT2D eigenvalue weighted by atomic mass is 10.0. The van der Waals surface area contributed by atoms with Crippen molar-refractivity contribution >= 4 is 16.5 Å². The monoisotopic (exact) mass is 269 g/mol. The molecule has 1 aromatic heterocycles. The van der Waals surface area contributed by atoms with Crippen LogP contribution in [0.3, 0.4) is 0 Å². The standard InChI is InChI=1S/C9H14F3N3OS/c1-5(2)6(16)3-4-13-8-15-14-7(17-8)9(10,11)12/h5-6,16H,3-4H2,1-2H3,(H,13,15). The van der Waals surface area contributed by atoms with E-state index in [9.17, 15) is 18.3 Å². The van der Waals surface area contributed by atoms with E-state index in [1.54, 1.807) is 0 Å². The Bertz CT molecular complexity index is 354. The lowest BCUT2D eigenvalue weighted by Crippen LogP contribution is -2.18. The highest BCUT2D eigenvalue weighted by atomic mass is 32.1. The van der Waals surface area contributed by atoms with Crippen molar-refractivity contribution in [1.29, 1.82) is 0 Å². The number of hydrogen-bond acceptors (Lipinski definition) is 5. The van der Waals surface area contributed by atoms with Gasteiger partial charge in [0.05, 0.1) is 6.10 Å².